The molecule has 0 bridgehead atoms. The lowest BCUT2D eigenvalue weighted by atomic mass is 9.93. The Morgan fingerprint density at radius 3 is 2.61 bits per heavy atom. The van der Waals surface area contributed by atoms with E-state index in [4.69, 9.17) is 14.5 Å². The van der Waals surface area contributed by atoms with Crippen LogP contribution in [0.3, 0.4) is 0 Å². The highest BCUT2D eigenvalue weighted by Gasteiger charge is 2.40. The predicted molar refractivity (Wildman–Crippen MR) is 184 cm³/mol. The first kappa shape index (κ1) is 33.4. The van der Waals surface area contributed by atoms with E-state index >= 15 is 0 Å². The van der Waals surface area contributed by atoms with Gasteiger partial charge in [-0.1, -0.05) is 55.6 Å². The minimum absolute atomic E-state index is 0.128. The number of fused-ring (bicyclic) bond motifs is 2. The summed E-state index contributed by atoms with van der Waals surface area (Å²) in [5.74, 6) is -1.10. The quantitative estimate of drug-likeness (QED) is 0.0966. The molecule has 0 radical (unpaired) electrons. The van der Waals surface area contributed by atoms with Gasteiger partial charge in [-0.15, -0.1) is 0 Å². The first-order valence-electron chi connectivity index (χ1n) is 15.6. The Kier molecular flexibility index (Phi) is 9.19. The number of aromatic nitrogens is 3. The molecule has 9 nitrogen and oxygen atoms in total. The molecule has 0 N–H and O–H groups in total. The minimum atomic E-state index is -3.90. The summed E-state index contributed by atoms with van der Waals surface area (Å²) in [6.07, 6.45) is 7.55. The molecule has 4 aromatic rings. The molecule has 1 aliphatic rings. The summed E-state index contributed by atoms with van der Waals surface area (Å²) >= 11 is 0. The van der Waals surface area contributed by atoms with Crippen LogP contribution in [-0.4, -0.2) is 53.9 Å². The average molecular weight is 659 g/mol. The summed E-state index contributed by atoms with van der Waals surface area (Å²) in [4.78, 5) is 18.8. The first-order valence-corrected chi connectivity index (χ1v) is 20.7. The van der Waals surface area contributed by atoms with Crippen LogP contribution in [0.2, 0.25) is 25.7 Å². The van der Waals surface area contributed by atoms with E-state index in [0.717, 1.165) is 17.2 Å². The molecule has 2 aromatic carbocycles. The second-order valence-electron chi connectivity index (χ2n) is 13.4. The highest BCUT2D eigenvalue weighted by molar-refractivity contribution is 7.91. The van der Waals surface area contributed by atoms with Crippen molar-refractivity contribution in [2.24, 2.45) is 0 Å². The molecule has 11 heteroatoms. The molecule has 0 saturated carbocycles. The minimum Gasteiger partial charge on any atom is -0.465 e. The molecular weight excluding hydrogens is 617 g/mol. The van der Waals surface area contributed by atoms with Gasteiger partial charge in [0.25, 0.3) is 0 Å². The molecule has 0 spiro atoms. The monoisotopic (exact) mass is 658 g/mol. The largest absolute Gasteiger partial charge is 0.465 e. The fourth-order valence-corrected chi connectivity index (χ4v) is 8.59. The Hall–Kier alpha value is -3.98. The molecule has 0 fully saturated rings. The van der Waals surface area contributed by atoms with E-state index in [2.05, 4.69) is 25.7 Å². The Morgan fingerprint density at radius 2 is 1.93 bits per heavy atom. The van der Waals surface area contributed by atoms with Crippen LogP contribution < -0.4 is 0 Å². The normalized spacial score (nSPS) is 17.7. The molecule has 0 aliphatic heterocycles. The summed E-state index contributed by atoms with van der Waals surface area (Å²) in [7, 11) is -5.26. The topological polar surface area (TPSA) is 116 Å². The molecule has 242 valence electrons. The standard InChI is InChI=1S/C35H42N4O5SSi/c1-8-44-34(40)31(33-37-29-14-12-26(22-36)20-30(29)38(33)23-43-18-19-46(5,6)7)27-13-11-25(3)32-28(27)15-17-39(32)45(41,42)35(4)16-9-10-24(2)21-35/h9-15,17,20-21,31H,8,16,18-19,23H2,1-7H3. The van der Waals surface area contributed by atoms with E-state index in [9.17, 15) is 18.5 Å². The number of carbonyl (C=O) groups excluding carboxylic acids is 1. The van der Waals surface area contributed by atoms with Gasteiger partial charge in [0.15, 0.2) is 0 Å². The number of esters is 1. The Bertz CT molecular complexity index is 2030. The van der Waals surface area contributed by atoms with Crippen molar-refractivity contribution < 1.29 is 22.7 Å². The van der Waals surface area contributed by atoms with Crippen LogP contribution in [0.25, 0.3) is 21.9 Å². The van der Waals surface area contributed by atoms with E-state index in [0.29, 0.717) is 51.9 Å². The lowest BCUT2D eigenvalue weighted by Crippen LogP contribution is -2.38. The van der Waals surface area contributed by atoms with Gasteiger partial charge < -0.3 is 14.0 Å². The zero-order valence-electron chi connectivity index (χ0n) is 27.6. The SMILES string of the molecule is CCOC(=O)C(c1ccc(C)c2c1ccn2S(=O)(=O)C1(C)C=C(C)C=CC1)c1nc2ccc(C#N)cc2n1COCC[Si](C)(C)C. The lowest BCUT2D eigenvalue weighted by Gasteiger charge is -2.29. The summed E-state index contributed by atoms with van der Waals surface area (Å²) in [5, 5.41) is 10.3. The number of carbonyl (C=O) groups is 1. The highest BCUT2D eigenvalue weighted by atomic mass is 32.2. The van der Waals surface area contributed by atoms with E-state index in [1.165, 1.54) is 3.97 Å². The second-order valence-corrected chi connectivity index (χ2v) is 21.3. The lowest BCUT2D eigenvalue weighted by molar-refractivity contribution is -0.144. The number of hydrogen-bond acceptors (Lipinski definition) is 7. The van der Waals surface area contributed by atoms with E-state index in [-0.39, 0.29) is 13.3 Å². The molecule has 1 aliphatic carbocycles. The van der Waals surface area contributed by atoms with Crippen LogP contribution in [0.1, 0.15) is 55.6 Å². The predicted octanol–water partition coefficient (Wildman–Crippen LogP) is 7.02. The molecule has 2 unspecified atom stereocenters. The maximum absolute atomic E-state index is 14.3. The molecule has 0 amide bonds. The molecule has 2 aromatic heterocycles. The van der Waals surface area contributed by atoms with Gasteiger partial charge in [0.1, 0.15) is 23.2 Å². The van der Waals surface area contributed by atoms with Crippen LogP contribution in [0.15, 0.2) is 66.4 Å². The van der Waals surface area contributed by atoms with Gasteiger partial charge in [-0.3, -0.25) is 4.79 Å². The maximum Gasteiger partial charge on any atom is 0.321 e. The molecule has 2 heterocycles. The number of benzene rings is 2. The van der Waals surface area contributed by atoms with Gasteiger partial charge in [-0.05, 0) is 75.6 Å². The first-order chi connectivity index (χ1) is 21.7. The Morgan fingerprint density at radius 1 is 1.17 bits per heavy atom. The Balaban J connectivity index is 1.70. The third-order valence-electron chi connectivity index (χ3n) is 8.55. The van der Waals surface area contributed by atoms with Gasteiger partial charge in [-0.2, -0.15) is 5.26 Å². The number of rotatable bonds is 11. The van der Waals surface area contributed by atoms with Crippen molar-refractivity contribution in [2.45, 2.75) is 77.2 Å². The van der Waals surface area contributed by atoms with E-state index in [1.54, 1.807) is 50.4 Å². The average Bonchev–Trinajstić information content (AvgIpc) is 3.59. The fourth-order valence-electron chi connectivity index (χ4n) is 6.04. The molecule has 5 rings (SSSR count). The smallest absolute Gasteiger partial charge is 0.321 e. The molecule has 46 heavy (non-hydrogen) atoms. The van der Waals surface area contributed by atoms with Crippen molar-refractivity contribution in [1.82, 2.24) is 13.5 Å². The number of hydrogen-bond donors (Lipinski definition) is 0. The second kappa shape index (κ2) is 12.7. The third kappa shape index (κ3) is 6.21. The van der Waals surface area contributed by atoms with Gasteiger partial charge >= 0.3 is 5.97 Å². The number of ether oxygens (including phenoxy) is 2. The van der Waals surface area contributed by atoms with Crippen molar-refractivity contribution in [3.05, 3.63) is 88.9 Å². The third-order valence-corrected chi connectivity index (χ3v) is 12.5. The highest BCUT2D eigenvalue weighted by Crippen LogP contribution is 2.38. The van der Waals surface area contributed by atoms with E-state index in [1.807, 2.05) is 42.7 Å². The number of nitrogens with zero attached hydrogens (tertiary/aromatic N) is 4. The van der Waals surface area contributed by atoms with Crippen LogP contribution >= 0.6 is 0 Å². The summed E-state index contributed by atoms with van der Waals surface area (Å²) in [5.41, 5.74) is 4.47. The zero-order chi connectivity index (χ0) is 33.4. The van der Waals surface area contributed by atoms with E-state index < -0.39 is 34.7 Å². The van der Waals surface area contributed by atoms with Gasteiger partial charge in [0.2, 0.25) is 10.0 Å². The van der Waals surface area contributed by atoms with Gasteiger partial charge in [0, 0.05) is 26.3 Å². The Labute approximate surface area is 272 Å². The summed E-state index contributed by atoms with van der Waals surface area (Å²) < 4.78 is 42.4. The van der Waals surface area contributed by atoms with Crippen molar-refractivity contribution in [2.75, 3.05) is 13.2 Å². The van der Waals surface area contributed by atoms with Crippen molar-refractivity contribution in [1.29, 1.82) is 5.26 Å². The number of nitriles is 1. The van der Waals surface area contributed by atoms with Crippen LogP contribution in [0.5, 0.6) is 0 Å². The van der Waals surface area contributed by atoms with Crippen LogP contribution in [0, 0.1) is 18.3 Å². The van der Waals surface area contributed by atoms with Crippen molar-refractivity contribution in [3.8, 4) is 6.07 Å². The number of imidazole rings is 1. The van der Waals surface area contributed by atoms with Crippen molar-refractivity contribution >= 4 is 46.0 Å². The maximum atomic E-state index is 14.3. The fraction of sp³-hybridized carbons (Fsp3) is 0.400. The number of aryl methyl sites for hydroxylation is 1. The molecular formula is C35H42N4O5SSi. The summed E-state index contributed by atoms with van der Waals surface area (Å²) in [6.45, 7) is 14.9. The number of allylic oxidation sites excluding steroid dienone is 3. The van der Waals surface area contributed by atoms with Crippen LogP contribution in [-0.2, 0) is 31.0 Å². The van der Waals surface area contributed by atoms with Gasteiger partial charge in [0.05, 0.1) is 34.8 Å². The van der Waals surface area contributed by atoms with Crippen LogP contribution in [0.4, 0.5) is 0 Å². The molecule has 0 saturated heterocycles. The molecule has 2 atom stereocenters. The summed E-state index contributed by atoms with van der Waals surface area (Å²) in [6, 6.07) is 13.8. The zero-order valence-corrected chi connectivity index (χ0v) is 29.4. The van der Waals surface area contributed by atoms with Crippen molar-refractivity contribution in [3.63, 3.8) is 0 Å². The van der Waals surface area contributed by atoms with Gasteiger partial charge in [-0.25, -0.2) is 17.4 Å².